The lowest BCUT2D eigenvalue weighted by Gasteiger charge is -2.25. The summed E-state index contributed by atoms with van der Waals surface area (Å²) in [6, 6.07) is 13.9. The van der Waals surface area contributed by atoms with Gasteiger partial charge in [0.2, 0.25) is 5.52 Å². The SMILES string of the molecule is O=C(Nc1ccc2[nH]c(-c3cscn3)[n+](OC(=O)C(F)(F)F)c2c1)N1CCCC1c1ccccc1. The summed E-state index contributed by atoms with van der Waals surface area (Å²) in [4.78, 5) is 38.1. The number of carbonyl (C=O) groups excluding carboxylic acids is 2. The Kier molecular flexibility index (Phi) is 5.89. The molecule has 2 amide bonds. The predicted octanol–water partition coefficient (Wildman–Crippen LogP) is 4.47. The highest BCUT2D eigenvalue weighted by atomic mass is 32.1. The van der Waals surface area contributed by atoms with E-state index in [1.165, 1.54) is 22.9 Å². The Morgan fingerprint density at radius 1 is 1.20 bits per heavy atom. The van der Waals surface area contributed by atoms with E-state index in [2.05, 4.69) is 20.1 Å². The Balaban J connectivity index is 1.46. The zero-order valence-corrected chi connectivity index (χ0v) is 18.9. The number of aromatic amines is 1. The summed E-state index contributed by atoms with van der Waals surface area (Å²) in [7, 11) is 0. The number of amides is 2. The van der Waals surface area contributed by atoms with Gasteiger partial charge in [-0.1, -0.05) is 30.3 Å². The molecule has 3 heterocycles. The van der Waals surface area contributed by atoms with Gasteiger partial charge in [0.15, 0.2) is 11.2 Å². The first-order valence-corrected chi connectivity index (χ1v) is 11.6. The van der Waals surface area contributed by atoms with Crippen LogP contribution in [0.15, 0.2) is 59.4 Å². The number of alkyl halides is 3. The molecule has 8 nitrogen and oxygen atoms in total. The van der Waals surface area contributed by atoms with E-state index in [9.17, 15) is 22.8 Å². The Hall–Kier alpha value is -3.93. The van der Waals surface area contributed by atoms with E-state index in [0.29, 0.717) is 23.4 Å². The van der Waals surface area contributed by atoms with Gasteiger partial charge < -0.3 is 10.2 Å². The molecule has 12 heteroatoms. The first-order chi connectivity index (χ1) is 16.8. The van der Waals surface area contributed by atoms with E-state index >= 15 is 0 Å². The predicted molar refractivity (Wildman–Crippen MR) is 121 cm³/mol. The monoisotopic (exact) mass is 502 g/mol. The average molecular weight is 502 g/mol. The molecule has 0 aliphatic carbocycles. The van der Waals surface area contributed by atoms with Crippen LogP contribution in [0, 0.1) is 0 Å². The Morgan fingerprint density at radius 2 is 2.00 bits per heavy atom. The van der Waals surface area contributed by atoms with Crippen molar-refractivity contribution >= 4 is 40.1 Å². The first kappa shape index (κ1) is 22.8. The van der Waals surface area contributed by atoms with Crippen LogP contribution in [-0.4, -0.2) is 39.6 Å². The number of nitrogens with zero attached hydrogens (tertiary/aromatic N) is 3. The number of halogens is 3. The molecular weight excluding hydrogens is 483 g/mol. The number of hydrogen-bond acceptors (Lipinski definition) is 5. The van der Waals surface area contributed by atoms with Crippen LogP contribution in [-0.2, 0) is 4.79 Å². The van der Waals surface area contributed by atoms with Crippen molar-refractivity contribution in [1.29, 1.82) is 0 Å². The fraction of sp³-hybridized carbons (Fsp3) is 0.217. The number of hydrogen-bond donors (Lipinski definition) is 2. The summed E-state index contributed by atoms with van der Waals surface area (Å²) in [5.41, 5.74) is 3.69. The van der Waals surface area contributed by atoms with E-state index in [0.717, 1.165) is 23.1 Å². The van der Waals surface area contributed by atoms with Gasteiger partial charge in [0.1, 0.15) is 0 Å². The van der Waals surface area contributed by atoms with Crippen molar-refractivity contribution in [2.45, 2.75) is 25.1 Å². The van der Waals surface area contributed by atoms with Crippen molar-refractivity contribution in [3.05, 3.63) is 65.0 Å². The average Bonchev–Trinajstić information content (AvgIpc) is 3.59. The molecular formula is C23H19F3N5O3S+. The summed E-state index contributed by atoms with van der Waals surface area (Å²) >= 11 is 1.23. The smallest absolute Gasteiger partial charge is 0.317 e. The molecule has 5 rings (SSSR count). The molecule has 1 aliphatic rings. The Morgan fingerprint density at radius 3 is 2.71 bits per heavy atom. The molecule has 1 unspecified atom stereocenters. The number of likely N-dealkylation sites (tertiary alicyclic amines) is 1. The van der Waals surface area contributed by atoms with Gasteiger partial charge in [-0.05, 0) is 35.3 Å². The van der Waals surface area contributed by atoms with Crippen molar-refractivity contribution in [1.82, 2.24) is 14.9 Å². The highest BCUT2D eigenvalue weighted by Crippen LogP contribution is 2.32. The van der Waals surface area contributed by atoms with Gasteiger partial charge in [0, 0.05) is 23.7 Å². The van der Waals surface area contributed by atoms with Crippen LogP contribution in [0.1, 0.15) is 24.4 Å². The molecule has 0 saturated carbocycles. The molecule has 2 aromatic heterocycles. The molecule has 2 aromatic carbocycles. The summed E-state index contributed by atoms with van der Waals surface area (Å²) in [5, 5.41) is 4.41. The summed E-state index contributed by atoms with van der Waals surface area (Å²) in [6.45, 7) is 0.578. The van der Waals surface area contributed by atoms with Gasteiger partial charge in [-0.25, -0.2) is 24.4 Å². The maximum absolute atomic E-state index is 13.1. The Bertz CT molecular complexity index is 1370. The van der Waals surface area contributed by atoms with Crippen LogP contribution in [0.3, 0.4) is 0 Å². The van der Waals surface area contributed by atoms with Gasteiger partial charge in [-0.15, -0.1) is 11.3 Å². The fourth-order valence-corrected chi connectivity index (χ4v) is 4.67. The van der Waals surface area contributed by atoms with Gasteiger partial charge in [-0.3, -0.25) is 0 Å². The number of aromatic nitrogens is 3. The number of imidazole rings is 1. The fourth-order valence-electron chi connectivity index (χ4n) is 4.14. The van der Waals surface area contributed by atoms with Crippen molar-refractivity contribution in [3.63, 3.8) is 0 Å². The van der Waals surface area contributed by atoms with Crippen LogP contribution in [0.2, 0.25) is 0 Å². The third-order valence-electron chi connectivity index (χ3n) is 5.70. The topological polar surface area (TPSA) is 91.2 Å². The molecule has 1 saturated heterocycles. The third-order valence-corrected chi connectivity index (χ3v) is 6.29. The number of fused-ring (bicyclic) bond motifs is 1. The van der Waals surface area contributed by atoms with E-state index in [1.54, 1.807) is 22.4 Å². The van der Waals surface area contributed by atoms with Crippen LogP contribution < -0.4 is 14.9 Å². The maximum Gasteiger partial charge on any atom is 0.495 e. The molecule has 0 radical (unpaired) electrons. The highest BCUT2D eigenvalue weighted by Gasteiger charge is 2.45. The van der Waals surface area contributed by atoms with Crippen molar-refractivity contribution in [3.8, 4) is 11.5 Å². The number of anilines is 1. The maximum atomic E-state index is 13.1. The number of carbonyl (C=O) groups is 2. The van der Waals surface area contributed by atoms with E-state index < -0.39 is 12.1 Å². The van der Waals surface area contributed by atoms with Gasteiger partial charge in [0.05, 0.1) is 11.6 Å². The second kappa shape index (κ2) is 9.02. The lowest BCUT2D eigenvalue weighted by Crippen LogP contribution is -2.51. The van der Waals surface area contributed by atoms with Crippen molar-refractivity contribution < 1.29 is 32.3 Å². The number of H-pyrrole nitrogens is 1. The molecule has 0 spiro atoms. The zero-order chi connectivity index (χ0) is 24.6. The van der Waals surface area contributed by atoms with Crippen LogP contribution in [0.4, 0.5) is 23.7 Å². The summed E-state index contributed by atoms with van der Waals surface area (Å²) in [6.07, 6.45) is -3.50. The van der Waals surface area contributed by atoms with Crippen LogP contribution in [0.25, 0.3) is 22.6 Å². The molecule has 35 heavy (non-hydrogen) atoms. The molecule has 2 N–H and O–H groups in total. The van der Waals surface area contributed by atoms with Gasteiger partial charge in [-0.2, -0.15) is 13.2 Å². The minimum absolute atomic E-state index is 0.0611. The molecule has 1 aliphatic heterocycles. The first-order valence-electron chi connectivity index (χ1n) is 10.7. The van der Waals surface area contributed by atoms with Gasteiger partial charge in [0.25, 0.3) is 0 Å². The van der Waals surface area contributed by atoms with Crippen molar-refractivity contribution in [2.75, 3.05) is 11.9 Å². The van der Waals surface area contributed by atoms with E-state index in [1.807, 2.05) is 30.3 Å². The number of nitrogens with one attached hydrogen (secondary N) is 2. The second-order valence-corrected chi connectivity index (χ2v) is 8.66. The third kappa shape index (κ3) is 4.56. The number of thiazole rings is 1. The van der Waals surface area contributed by atoms with E-state index in [-0.39, 0.29) is 23.4 Å². The molecule has 0 bridgehead atoms. The molecule has 4 aromatic rings. The number of urea groups is 1. The minimum atomic E-state index is -5.19. The normalized spacial score (nSPS) is 16.0. The zero-order valence-electron chi connectivity index (χ0n) is 18.1. The second-order valence-electron chi connectivity index (χ2n) is 7.94. The summed E-state index contributed by atoms with van der Waals surface area (Å²) < 4.78 is 39.6. The quantitative estimate of drug-likeness (QED) is 0.403. The van der Waals surface area contributed by atoms with Gasteiger partial charge >= 0.3 is 24.0 Å². The minimum Gasteiger partial charge on any atom is -0.317 e. The Labute approximate surface area is 200 Å². The lowest BCUT2D eigenvalue weighted by atomic mass is 10.1. The molecule has 1 atom stereocenters. The largest absolute Gasteiger partial charge is 0.495 e. The highest BCUT2D eigenvalue weighted by molar-refractivity contribution is 7.07. The van der Waals surface area contributed by atoms with Crippen LogP contribution >= 0.6 is 11.3 Å². The van der Waals surface area contributed by atoms with Crippen molar-refractivity contribution in [2.24, 2.45) is 0 Å². The standard InChI is InChI=1S/C23H18F3N5O3S/c24-23(25,26)21(32)34-31-19-11-15(8-9-16(19)29-20(31)17-12-35-13-27-17)28-22(33)30-10-4-7-18(30)14-5-2-1-3-6-14/h1-3,5-6,8-9,11-13,18H,4,7,10H2,(H,28,33)/p+1. The molecule has 1 fully saturated rings. The summed E-state index contributed by atoms with van der Waals surface area (Å²) in [5.74, 6) is -2.32. The number of rotatable bonds is 4. The molecule has 180 valence electrons. The number of benzene rings is 2. The lowest BCUT2D eigenvalue weighted by molar-refractivity contribution is -0.841. The van der Waals surface area contributed by atoms with E-state index in [4.69, 9.17) is 0 Å². The van der Waals surface area contributed by atoms with Crippen LogP contribution in [0.5, 0.6) is 0 Å².